The molecule has 0 heterocycles. The third-order valence-electron chi connectivity index (χ3n) is 3.08. The van der Waals surface area contributed by atoms with E-state index in [0.717, 1.165) is 32.1 Å². The van der Waals surface area contributed by atoms with Gasteiger partial charge in [0, 0.05) is 19.3 Å². The Hall–Kier alpha value is -0.0800. The lowest BCUT2D eigenvalue weighted by molar-refractivity contribution is 0.0999. The molecular formula is C15H33NO. The lowest BCUT2D eigenvalue weighted by Gasteiger charge is -2.31. The number of rotatable bonds is 9. The Morgan fingerprint density at radius 3 is 2.12 bits per heavy atom. The first kappa shape index (κ1) is 16.9. The van der Waals surface area contributed by atoms with Crippen molar-refractivity contribution in [2.75, 3.05) is 19.8 Å². The molecule has 0 aliphatic carbocycles. The van der Waals surface area contributed by atoms with Crippen LogP contribution in [-0.2, 0) is 4.74 Å². The molecule has 0 bridgehead atoms. The minimum absolute atomic E-state index is 0.316. The number of hydrogen-bond acceptors (Lipinski definition) is 2. The van der Waals surface area contributed by atoms with Gasteiger partial charge in [0.25, 0.3) is 0 Å². The molecule has 0 aliphatic heterocycles. The fourth-order valence-corrected chi connectivity index (χ4v) is 1.78. The molecule has 0 radical (unpaired) electrons. The summed E-state index contributed by atoms with van der Waals surface area (Å²) in [5.74, 6) is 0.742. The molecule has 0 amide bonds. The average molecular weight is 243 g/mol. The lowest BCUT2D eigenvalue weighted by Crippen LogP contribution is -2.41. The molecule has 2 heteroatoms. The van der Waals surface area contributed by atoms with Gasteiger partial charge in [-0.15, -0.1) is 0 Å². The summed E-state index contributed by atoms with van der Waals surface area (Å²) in [5, 5.41) is 3.63. The van der Waals surface area contributed by atoms with Gasteiger partial charge in [-0.2, -0.15) is 0 Å². The molecule has 0 saturated heterocycles. The highest BCUT2D eigenvalue weighted by atomic mass is 16.5. The van der Waals surface area contributed by atoms with Crippen molar-refractivity contribution in [3.05, 3.63) is 0 Å². The predicted molar refractivity (Wildman–Crippen MR) is 76.4 cm³/mol. The second kappa shape index (κ2) is 8.93. The fraction of sp³-hybridized carbons (Fsp3) is 1.00. The zero-order valence-corrected chi connectivity index (χ0v) is 12.8. The minimum Gasteiger partial charge on any atom is -0.381 e. The molecule has 2 nitrogen and oxygen atoms in total. The van der Waals surface area contributed by atoms with Crippen LogP contribution in [0.2, 0.25) is 0 Å². The van der Waals surface area contributed by atoms with E-state index < -0.39 is 0 Å². The van der Waals surface area contributed by atoms with Crippen LogP contribution in [0.25, 0.3) is 0 Å². The molecule has 0 saturated carbocycles. The first-order valence-corrected chi connectivity index (χ1v) is 7.19. The zero-order valence-electron chi connectivity index (χ0n) is 12.8. The van der Waals surface area contributed by atoms with E-state index in [9.17, 15) is 0 Å². The number of ether oxygens (including phenoxy) is 1. The second-order valence-electron chi connectivity index (χ2n) is 6.46. The molecule has 104 valence electrons. The van der Waals surface area contributed by atoms with Gasteiger partial charge in [-0.25, -0.2) is 0 Å². The van der Waals surface area contributed by atoms with Crippen LogP contribution in [0.15, 0.2) is 0 Å². The Bertz CT molecular complexity index is 172. The topological polar surface area (TPSA) is 21.3 Å². The molecule has 0 fully saturated rings. The van der Waals surface area contributed by atoms with Crippen molar-refractivity contribution in [2.45, 2.75) is 66.8 Å². The molecule has 1 atom stereocenters. The highest BCUT2D eigenvalue weighted by Gasteiger charge is 2.23. The van der Waals surface area contributed by atoms with Crippen molar-refractivity contribution in [3.63, 3.8) is 0 Å². The summed E-state index contributed by atoms with van der Waals surface area (Å²) in [7, 11) is 0. The average Bonchev–Trinajstić information content (AvgIpc) is 2.19. The molecular weight excluding hydrogens is 210 g/mol. The fourth-order valence-electron chi connectivity index (χ4n) is 1.78. The Morgan fingerprint density at radius 1 is 1.06 bits per heavy atom. The van der Waals surface area contributed by atoms with E-state index in [0.29, 0.717) is 11.5 Å². The molecule has 1 N–H and O–H groups in total. The van der Waals surface area contributed by atoms with Crippen LogP contribution in [0.1, 0.15) is 60.8 Å². The van der Waals surface area contributed by atoms with Crippen LogP contribution in [0.5, 0.6) is 0 Å². The molecule has 0 aliphatic rings. The first-order chi connectivity index (χ1) is 7.88. The second-order valence-corrected chi connectivity index (χ2v) is 6.46. The first-order valence-electron chi connectivity index (χ1n) is 7.19. The maximum atomic E-state index is 5.71. The Morgan fingerprint density at radius 2 is 1.65 bits per heavy atom. The smallest absolute Gasteiger partial charge is 0.0481 e. The SMILES string of the molecule is CCCNC(CCOCCC(C)C)C(C)(C)C. The Labute approximate surface area is 109 Å². The van der Waals surface area contributed by atoms with Gasteiger partial charge in [-0.1, -0.05) is 41.5 Å². The van der Waals surface area contributed by atoms with E-state index in [1.165, 1.54) is 12.8 Å². The Kier molecular flexibility index (Phi) is 8.89. The van der Waals surface area contributed by atoms with Crippen LogP contribution < -0.4 is 5.32 Å². The van der Waals surface area contributed by atoms with Gasteiger partial charge in [-0.05, 0) is 37.1 Å². The van der Waals surface area contributed by atoms with E-state index in [4.69, 9.17) is 4.74 Å². The third kappa shape index (κ3) is 9.61. The van der Waals surface area contributed by atoms with Crippen molar-refractivity contribution in [2.24, 2.45) is 11.3 Å². The normalized spacial score (nSPS) is 14.3. The maximum Gasteiger partial charge on any atom is 0.0481 e. The zero-order chi connectivity index (χ0) is 13.3. The van der Waals surface area contributed by atoms with Gasteiger partial charge >= 0.3 is 0 Å². The van der Waals surface area contributed by atoms with E-state index in [1.807, 2.05) is 0 Å². The minimum atomic E-state index is 0.316. The van der Waals surface area contributed by atoms with E-state index in [-0.39, 0.29) is 0 Å². The van der Waals surface area contributed by atoms with Crippen LogP contribution >= 0.6 is 0 Å². The highest BCUT2D eigenvalue weighted by molar-refractivity contribution is 4.80. The van der Waals surface area contributed by atoms with Crippen LogP contribution in [0.4, 0.5) is 0 Å². The van der Waals surface area contributed by atoms with E-state index in [1.54, 1.807) is 0 Å². The largest absolute Gasteiger partial charge is 0.381 e. The van der Waals surface area contributed by atoms with Crippen LogP contribution in [-0.4, -0.2) is 25.8 Å². The van der Waals surface area contributed by atoms with Gasteiger partial charge in [0.1, 0.15) is 0 Å². The quantitative estimate of drug-likeness (QED) is 0.621. The van der Waals surface area contributed by atoms with Gasteiger partial charge in [0.05, 0.1) is 0 Å². The highest BCUT2D eigenvalue weighted by Crippen LogP contribution is 2.21. The summed E-state index contributed by atoms with van der Waals surface area (Å²) in [6.07, 6.45) is 3.48. The summed E-state index contributed by atoms with van der Waals surface area (Å²) < 4.78 is 5.71. The maximum absolute atomic E-state index is 5.71. The van der Waals surface area contributed by atoms with Gasteiger partial charge in [0.2, 0.25) is 0 Å². The molecule has 17 heavy (non-hydrogen) atoms. The van der Waals surface area contributed by atoms with Crippen molar-refractivity contribution < 1.29 is 4.74 Å². The van der Waals surface area contributed by atoms with Crippen molar-refractivity contribution in [3.8, 4) is 0 Å². The van der Waals surface area contributed by atoms with Gasteiger partial charge < -0.3 is 10.1 Å². The van der Waals surface area contributed by atoms with Crippen LogP contribution in [0.3, 0.4) is 0 Å². The standard InChI is InChI=1S/C15H33NO/c1-7-10-16-14(15(4,5)6)9-12-17-11-8-13(2)3/h13-14,16H,7-12H2,1-6H3. The molecule has 0 aromatic heterocycles. The molecule has 0 aromatic rings. The summed E-state index contributed by atoms with van der Waals surface area (Å²) >= 11 is 0. The van der Waals surface area contributed by atoms with E-state index in [2.05, 4.69) is 46.9 Å². The predicted octanol–water partition coefficient (Wildman–Crippen LogP) is 3.85. The van der Waals surface area contributed by atoms with Crippen LogP contribution in [0, 0.1) is 11.3 Å². The molecule has 0 rings (SSSR count). The molecule has 0 aromatic carbocycles. The van der Waals surface area contributed by atoms with Crippen molar-refractivity contribution in [1.29, 1.82) is 0 Å². The molecule has 0 spiro atoms. The van der Waals surface area contributed by atoms with Crippen molar-refractivity contribution >= 4 is 0 Å². The summed E-state index contributed by atoms with van der Waals surface area (Å²) in [5.41, 5.74) is 0.316. The summed E-state index contributed by atoms with van der Waals surface area (Å²) in [6, 6.07) is 0.557. The Balaban J connectivity index is 3.76. The number of nitrogens with one attached hydrogen (secondary N) is 1. The monoisotopic (exact) mass is 243 g/mol. The van der Waals surface area contributed by atoms with E-state index >= 15 is 0 Å². The summed E-state index contributed by atoms with van der Waals surface area (Å²) in [4.78, 5) is 0. The van der Waals surface area contributed by atoms with Gasteiger partial charge in [-0.3, -0.25) is 0 Å². The number of hydrogen-bond donors (Lipinski definition) is 1. The van der Waals surface area contributed by atoms with Gasteiger partial charge in [0.15, 0.2) is 0 Å². The lowest BCUT2D eigenvalue weighted by atomic mass is 9.85. The van der Waals surface area contributed by atoms with Crippen molar-refractivity contribution in [1.82, 2.24) is 5.32 Å². The molecule has 1 unspecified atom stereocenters. The third-order valence-corrected chi connectivity index (χ3v) is 3.08. The summed E-state index contributed by atoms with van der Waals surface area (Å²) in [6.45, 7) is 16.5.